The fourth-order valence-electron chi connectivity index (χ4n) is 1.35. The summed E-state index contributed by atoms with van der Waals surface area (Å²) < 4.78 is 0. The maximum atomic E-state index is 11.0. The van der Waals surface area contributed by atoms with Crippen LogP contribution < -0.4 is 5.73 Å². The molecular weight excluding hydrogens is 254 g/mol. The molecule has 0 bridgehead atoms. The van der Waals surface area contributed by atoms with Crippen LogP contribution in [0.4, 0.5) is 0 Å². The molecule has 0 saturated heterocycles. The van der Waals surface area contributed by atoms with Crippen LogP contribution in [0.5, 0.6) is 0 Å². The van der Waals surface area contributed by atoms with E-state index in [2.05, 4.69) is 0 Å². The van der Waals surface area contributed by atoms with Crippen molar-refractivity contribution in [1.29, 1.82) is 0 Å². The van der Waals surface area contributed by atoms with Crippen LogP contribution in [0.1, 0.15) is 26.2 Å². The van der Waals surface area contributed by atoms with E-state index < -0.39 is 30.3 Å². The number of aliphatic hydroxyl groups excluding tert-OH is 3. The van der Waals surface area contributed by atoms with Crippen LogP contribution in [0.2, 0.25) is 0 Å². The topological polar surface area (TPSA) is 141 Å². The van der Waals surface area contributed by atoms with Gasteiger partial charge in [0.15, 0.2) is 5.54 Å². The van der Waals surface area contributed by atoms with Gasteiger partial charge in [0.1, 0.15) is 11.9 Å². The number of carboxylic acid groups (broad SMARTS) is 1. The van der Waals surface area contributed by atoms with Gasteiger partial charge in [-0.1, -0.05) is 19.1 Å². The van der Waals surface area contributed by atoms with E-state index in [-0.39, 0.29) is 18.6 Å². The lowest BCUT2D eigenvalue weighted by atomic mass is 9.89. The Bertz CT molecular complexity index is 343. The maximum absolute atomic E-state index is 11.0. The fraction of sp³-hybridized carbons (Fsp3) is 0.667. The molecule has 0 radical (unpaired) electrons. The minimum atomic E-state index is -2.31. The van der Waals surface area contributed by atoms with Gasteiger partial charge in [0.05, 0.1) is 12.7 Å². The molecule has 7 heteroatoms. The second kappa shape index (κ2) is 8.00. The summed E-state index contributed by atoms with van der Waals surface area (Å²) in [4.78, 5) is 21.8. The van der Waals surface area contributed by atoms with Crippen LogP contribution >= 0.6 is 0 Å². The summed E-state index contributed by atoms with van der Waals surface area (Å²) >= 11 is 0. The quantitative estimate of drug-likeness (QED) is 0.333. The number of hydrogen-bond donors (Lipinski definition) is 5. The van der Waals surface area contributed by atoms with Gasteiger partial charge in [0, 0.05) is 12.8 Å². The highest BCUT2D eigenvalue weighted by atomic mass is 16.4. The first-order chi connectivity index (χ1) is 8.79. The largest absolute Gasteiger partial charge is 0.480 e. The van der Waals surface area contributed by atoms with Crippen molar-refractivity contribution < 1.29 is 30.0 Å². The van der Waals surface area contributed by atoms with Crippen LogP contribution in [0.3, 0.4) is 0 Å². The van der Waals surface area contributed by atoms with Crippen molar-refractivity contribution in [3.05, 3.63) is 12.2 Å². The highest BCUT2D eigenvalue weighted by Crippen LogP contribution is 2.14. The molecular formula is C12H21NO6. The molecule has 0 spiro atoms. The van der Waals surface area contributed by atoms with Gasteiger partial charge in [-0.25, -0.2) is 0 Å². The Morgan fingerprint density at radius 3 is 2.32 bits per heavy atom. The number of allylic oxidation sites excluding steroid dienone is 1. The van der Waals surface area contributed by atoms with E-state index in [1.165, 1.54) is 12.2 Å². The average molecular weight is 275 g/mol. The van der Waals surface area contributed by atoms with E-state index in [9.17, 15) is 19.8 Å². The van der Waals surface area contributed by atoms with Crippen molar-refractivity contribution in [2.45, 2.75) is 43.9 Å². The van der Waals surface area contributed by atoms with Crippen LogP contribution in [-0.2, 0) is 9.59 Å². The summed E-state index contributed by atoms with van der Waals surface area (Å²) in [7, 11) is 0. The molecule has 0 aliphatic heterocycles. The number of aliphatic hydroxyl groups is 3. The highest BCUT2D eigenvalue weighted by Gasteiger charge is 2.44. The highest BCUT2D eigenvalue weighted by molar-refractivity contribution is 5.80. The molecule has 7 nitrogen and oxygen atoms in total. The smallest absolute Gasteiger partial charge is 0.328 e. The second-order valence-corrected chi connectivity index (χ2v) is 4.32. The molecule has 0 aliphatic rings. The minimum Gasteiger partial charge on any atom is -0.480 e. The number of carbonyl (C=O) groups excluding carboxylic acids is 1. The number of carbonyl (C=O) groups is 2. The number of carboxylic acids is 1. The van der Waals surface area contributed by atoms with Crippen LogP contribution in [-0.4, -0.2) is 56.5 Å². The van der Waals surface area contributed by atoms with Gasteiger partial charge in [0.2, 0.25) is 0 Å². The molecule has 0 aromatic carbocycles. The Labute approximate surface area is 111 Å². The summed E-state index contributed by atoms with van der Waals surface area (Å²) in [5.41, 5.74) is 3.01. The molecule has 110 valence electrons. The molecule has 0 rings (SSSR count). The monoisotopic (exact) mass is 275 g/mol. The van der Waals surface area contributed by atoms with E-state index >= 15 is 0 Å². The molecule has 19 heavy (non-hydrogen) atoms. The summed E-state index contributed by atoms with van der Waals surface area (Å²) in [6.45, 7) is 0.726. The molecule has 3 atom stereocenters. The molecule has 0 fully saturated rings. The summed E-state index contributed by atoms with van der Waals surface area (Å²) in [5, 5.41) is 37.0. The normalized spacial score (nSPS) is 17.9. The van der Waals surface area contributed by atoms with E-state index in [4.69, 9.17) is 15.9 Å². The predicted octanol–water partition coefficient (Wildman–Crippen LogP) is -1.20. The van der Waals surface area contributed by atoms with Gasteiger partial charge in [-0.15, -0.1) is 0 Å². The van der Waals surface area contributed by atoms with Gasteiger partial charge >= 0.3 is 5.97 Å². The first-order valence-electron chi connectivity index (χ1n) is 5.95. The van der Waals surface area contributed by atoms with Crippen LogP contribution in [0.25, 0.3) is 0 Å². The molecule has 0 saturated carbocycles. The Hall–Kier alpha value is -1.28. The molecule has 6 N–H and O–H groups in total. The van der Waals surface area contributed by atoms with Gasteiger partial charge in [-0.3, -0.25) is 9.59 Å². The summed E-state index contributed by atoms with van der Waals surface area (Å²) in [5.74, 6) is -1.58. The Balaban J connectivity index is 4.45. The van der Waals surface area contributed by atoms with Crippen molar-refractivity contribution in [3.63, 3.8) is 0 Å². The zero-order chi connectivity index (χ0) is 15.1. The van der Waals surface area contributed by atoms with Gasteiger partial charge < -0.3 is 26.2 Å². The zero-order valence-electron chi connectivity index (χ0n) is 10.8. The Morgan fingerprint density at radius 1 is 1.32 bits per heavy atom. The summed E-state index contributed by atoms with van der Waals surface area (Å²) in [6.07, 6.45) is 0.282. The third-order valence-electron chi connectivity index (χ3n) is 2.84. The Morgan fingerprint density at radius 2 is 1.89 bits per heavy atom. The van der Waals surface area contributed by atoms with Crippen molar-refractivity contribution in [1.82, 2.24) is 0 Å². The van der Waals surface area contributed by atoms with Crippen LogP contribution in [0, 0.1) is 0 Å². The number of hydrogen-bond acceptors (Lipinski definition) is 6. The lowest BCUT2D eigenvalue weighted by molar-refractivity contribution is -0.154. The first-order valence-corrected chi connectivity index (χ1v) is 5.95. The van der Waals surface area contributed by atoms with Crippen molar-refractivity contribution >= 4 is 11.8 Å². The van der Waals surface area contributed by atoms with Crippen molar-refractivity contribution in [2.24, 2.45) is 5.73 Å². The number of Topliss-reactive ketones (excluding diaryl/α,β-unsaturated/α-hetero) is 1. The molecule has 0 unspecified atom stereocenters. The molecule has 0 aromatic rings. The Kier molecular flexibility index (Phi) is 7.47. The molecule has 0 amide bonds. The second-order valence-electron chi connectivity index (χ2n) is 4.32. The van der Waals surface area contributed by atoms with E-state index in [0.717, 1.165) is 0 Å². The molecule has 0 aliphatic carbocycles. The van der Waals surface area contributed by atoms with E-state index in [0.29, 0.717) is 6.42 Å². The molecule has 0 heterocycles. The van der Waals surface area contributed by atoms with Crippen molar-refractivity contribution in [2.75, 3.05) is 6.61 Å². The zero-order valence-corrected chi connectivity index (χ0v) is 10.8. The van der Waals surface area contributed by atoms with Crippen molar-refractivity contribution in [3.8, 4) is 0 Å². The lowest BCUT2D eigenvalue weighted by Gasteiger charge is -2.30. The minimum absolute atomic E-state index is 0.0281. The van der Waals surface area contributed by atoms with E-state index in [1.54, 1.807) is 6.92 Å². The van der Waals surface area contributed by atoms with Gasteiger partial charge in [-0.2, -0.15) is 0 Å². The third kappa shape index (κ3) is 5.07. The van der Waals surface area contributed by atoms with Gasteiger partial charge in [0.25, 0.3) is 0 Å². The standard InChI is InChI=1S/C12H21NO6/c1-2-8(15)5-3-4-6-9(16)10(17)12(13,7-14)11(18)19/h3-4,9-10,14,16-17H,2,5-7,13H2,1H3,(H,18,19)/b4-3+/t9-,10+,12-/m0/s1. The summed E-state index contributed by atoms with van der Waals surface area (Å²) in [6, 6.07) is 0. The molecule has 0 aromatic heterocycles. The number of aliphatic carboxylic acids is 1. The first kappa shape index (κ1) is 17.7. The van der Waals surface area contributed by atoms with E-state index in [1.807, 2.05) is 0 Å². The SMILES string of the molecule is CCC(=O)C/C=C/C[C@H](O)[C@@H](O)[C@@](N)(CO)C(=O)O. The van der Waals surface area contributed by atoms with Crippen LogP contribution in [0.15, 0.2) is 12.2 Å². The lowest BCUT2D eigenvalue weighted by Crippen LogP contribution is -2.63. The fourth-order valence-corrected chi connectivity index (χ4v) is 1.35. The maximum Gasteiger partial charge on any atom is 0.328 e. The van der Waals surface area contributed by atoms with Gasteiger partial charge in [-0.05, 0) is 6.42 Å². The predicted molar refractivity (Wildman–Crippen MR) is 67.3 cm³/mol. The average Bonchev–Trinajstić information content (AvgIpc) is 2.40. The number of rotatable bonds is 9. The third-order valence-corrected chi connectivity index (χ3v) is 2.84. The number of nitrogens with two attached hydrogens (primary N) is 1. The number of ketones is 1.